The molecule has 0 spiro atoms. The van der Waals surface area contributed by atoms with E-state index in [2.05, 4.69) is 4.98 Å². The highest BCUT2D eigenvalue weighted by Gasteiger charge is 2.10. The minimum absolute atomic E-state index is 0.195. The predicted octanol–water partition coefficient (Wildman–Crippen LogP) is -0.0206. The first-order valence-corrected chi connectivity index (χ1v) is 6.45. The lowest BCUT2D eigenvalue weighted by Gasteiger charge is -1.93. The van der Waals surface area contributed by atoms with Gasteiger partial charge in [-0.25, -0.2) is 21.8 Å². The van der Waals surface area contributed by atoms with Crippen molar-refractivity contribution in [2.24, 2.45) is 0 Å². The van der Waals surface area contributed by atoms with Crippen molar-refractivity contribution >= 4 is 30.4 Å². The zero-order valence-electron chi connectivity index (χ0n) is 6.05. The molecule has 0 amide bonds. The van der Waals surface area contributed by atoms with Gasteiger partial charge in [0.15, 0.2) is 15.7 Å². The monoisotopic (exact) mass is 241 g/mol. The predicted molar refractivity (Wildman–Crippen MR) is 45.9 cm³/mol. The normalized spacial score (nSPS) is 11.8. The van der Waals surface area contributed by atoms with Crippen LogP contribution in [0.3, 0.4) is 0 Å². The van der Waals surface area contributed by atoms with E-state index in [0.717, 1.165) is 18.3 Å². The Bertz CT molecular complexity index is 468. The fourth-order valence-corrected chi connectivity index (χ4v) is 1.66. The van der Waals surface area contributed by atoms with Crippen LogP contribution in [0.25, 0.3) is 0 Å². The molecule has 1 rings (SSSR count). The number of nitrogens with zero attached hydrogens (tertiary/aromatic N) is 1. The summed E-state index contributed by atoms with van der Waals surface area (Å²) in [4.78, 5) is 3.16. The highest BCUT2D eigenvalue weighted by Crippen LogP contribution is 2.13. The van der Waals surface area contributed by atoms with Crippen LogP contribution < -0.4 is 0 Å². The molecule has 0 atom stereocenters. The molecule has 0 aliphatic heterocycles. The molecule has 0 aliphatic rings. The van der Waals surface area contributed by atoms with Gasteiger partial charge in [-0.2, -0.15) is 0 Å². The largest absolute Gasteiger partial charge is 0.262 e. The molecule has 5 nitrogen and oxygen atoms in total. The highest BCUT2D eigenvalue weighted by molar-refractivity contribution is 8.13. The Kier molecular flexibility index (Phi) is 2.89. The molecule has 1 heterocycles. The van der Waals surface area contributed by atoms with Crippen LogP contribution in [0.4, 0.5) is 0 Å². The lowest BCUT2D eigenvalue weighted by molar-refractivity contribution is 0.605. The quantitative estimate of drug-likeness (QED) is 0.581. The Morgan fingerprint density at radius 3 is 2.23 bits per heavy atom. The van der Waals surface area contributed by atoms with Crippen LogP contribution in [-0.4, -0.2) is 21.8 Å². The summed E-state index contributed by atoms with van der Waals surface area (Å²) in [6, 6.07) is 2.15. The maximum atomic E-state index is 10.7. The molecule has 1 aromatic heterocycles. The Labute approximate surface area is 80.7 Å². The second kappa shape index (κ2) is 3.60. The van der Waals surface area contributed by atoms with E-state index in [4.69, 9.17) is 10.7 Å². The van der Waals surface area contributed by atoms with Crippen molar-refractivity contribution < 1.29 is 16.8 Å². The molecule has 0 saturated carbocycles. The third kappa shape index (κ3) is 2.64. The second-order valence-electron chi connectivity index (χ2n) is 2.05. The third-order valence-electron chi connectivity index (χ3n) is 1.19. The van der Waals surface area contributed by atoms with E-state index in [1.807, 2.05) is 0 Å². The summed E-state index contributed by atoms with van der Waals surface area (Å²) in [7, 11) is -1.65. The molecule has 0 aliphatic carbocycles. The average molecular weight is 242 g/mol. The van der Waals surface area contributed by atoms with Crippen molar-refractivity contribution in [1.82, 2.24) is 4.98 Å². The van der Waals surface area contributed by atoms with Crippen molar-refractivity contribution in [3.05, 3.63) is 18.3 Å². The molecule has 13 heavy (non-hydrogen) atoms. The van der Waals surface area contributed by atoms with Crippen LogP contribution in [0.1, 0.15) is 0 Å². The second-order valence-corrected chi connectivity index (χ2v) is 5.59. The number of halogens is 1. The number of hydrogen-bond donors (Lipinski definition) is 1. The first-order chi connectivity index (χ1) is 5.91. The Morgan fingerprint density at radius 2 is 1.92 bits per heavy atom. The summed E-state index contributed by atoms with van der Waals surface area (Å²) in [5, 5.41) is -0.195. The molecule has 0 aromatic carbocycles. The van der Waals surface area contributed by atoms with Crippen molar-refractivity contribution in [3.63, 3.8) is 0 Å². The fourth-order valence-electron chi connectivity index (χ4n) is 0.625. The van der Waals surface area contributed by atoms with Crippen molar-refractivity contribution in [2.75, 3.05) is 0 Å². The van der Waals surface area contributed by atoms with E-state index in [9.17, 15) is 16.8 Å². The lowest BCUT2D eigenvalue weighted by Crippen LogP contribution is -1.93. The number of rotatable bonds is 2. The van der Waals surface area contributed by atoms with Gasteiger partial charge in [0.2, 0.25) is 0 Å². The minimum Gasteiger partial charge on any atom is -0.244 e. The first-order valence-electron chi connectivity index (χ1n) is 2.96. The molecule has 0 bridgehead atoms. The zero-order chi connectivity index (χ0) is 10.1. The molecule has 0 saturated heterocycles. The minimum atomic E-state index is -3.83. The van der Waals surface area contributed by atoms with Gasteiger partial charge in [-0.05, 0) is 12.1 Å². The summed E-state index contributed by atoms with van der Waals surface area (Å²) in [6.07, 6.45) is 0.892. The zero-order valence-corrected chi connectivity index (χ0v) is 8.51. The van der Waals surface area contributed by atoms with Crippen LogP contribution in [0.5, 0.6) is 0 Å². The topological polar surface area (TPSA) is 81.2 Å². The number of hydrogen-bond acceptors (Lipinski definition) is 5. The molecule has 0 radical (unpaired) electrons. The van der Waals surface area contributed by atoms with E-state index in [1.165, 1.54) is 0 Å². The van der Waals surface area contributed by atoms with Gasteiger partial charge in [-0.15, -0.1) is 0 Å². The van der Waals surface area contributed by atoms with Crippen LogP contribution in [0.15, 0.2) is 28.3 Å². The Morgan fingerprint density at radius 1 is 1.31 bits per heavy atom. The molecule has 0 N–H and O–H groups in total. The van der Waals surface area contributed by atoms with E-state index in [0.29, 0.717) is 0 Å². The van der Waals surface area contributed by atoms with Crippen molar-refractivity contribution in [2.45, 2.75) is 9.92 Å². The van der Waals surface area contributed by atoms with Crippen molar-refractivity contribution in [1.29, 1.82) is 0 Å². The number of aromatic nitrogens is 1. The number of pyridine rings is 1. The van der Waals surface area contributed by atoms with Gasteiger partial charge in [-0.1, -0.05) is 0 Å². The molecular formula is C5H4ClNO4S2. The van der Waals surface area contributed by atoms with Crippen LogP contribution >= 0.6 is 10.7 Å². The van der Waals surface area contributed by atoms with Gasteiger partial charge >= 0.3 is 0 Å². The van der Waals surface area contributed by atoms with E-state index >= 15 is 0 Å². The van der Waals surface area contributed by atoms with Gasteiger partial charge in [0, 0.05) is 16.9 Å². The molecular weight excluding hydrogens is 238 g/mol. The Balaban J connectivity index is 3.23. The summed E-state index contributed by atoms with van der Waals surface area (Å²) < 4.78 is 42.1. The maximum Gasteiger partial charge on any atom is 0.262 e. The van der Waals surface area contributed by atoms with Crippen LogP contribution in [-0.2, 0) is 19.8 Å². The fraction of sp³-hybridized carbons (Fsp3) is 0. The molecule has 1 aromatic rings. The standard InChI is InChI=1S/C5H4ClNO4S2/c6-13(10,11)4-1-2-5(7-3-4)12(8)9/h1-3,12H. The van der Waals surface area contributed by atoms with Gasteiger partial charge in [0.05, 0.1) is 0 Å². The summed E-state index contributed by atoms with van der Waals surface area (Å²) in [6.45, 7) is 0. The van der Waals surface area contributed by atoms with Gasteiger partial charge < -0.3 is 0 Å². The van der Waals surface area contributed by atoms with Gasteiger partial charge in [-0.3, -0.25) is 0 Å². The lowest BCUT2D eigenvalue weighted by atomic mass is 10.5. The molecule has 8 heteroatoms. The van der Waals surface area contributed by atoms with E-state index < -0.39 is 19.8 Å². The van der Waals surface area contributed by atoms with Crippen molar-refractivity contribution in [3.8, 4) is 0 Å². The summed E-state index contributed by atoms with van der Waals surface area (Å²) >= 11 is 0. The smallest absolute Gasteiger partial charge is 0.244 e. The van der Waals surface area contributed by atoms with E-state index in [-0.39, 0.29) is 9.92 Å². The van der Waals surface area contributed by atoms with E-state index in [1.54, 1.807) is 0 Å². The SMILES string of the molecule is O=[SH](=O)c1ccc(S(=O)(=O)Cl)cn1. The van der Waals surface area contributed by atoms with Gasteiger partial charge in [0.1, 0.15) is 4.90 Å². The highest BCUT2D eigenvalue weighted by atomic mass is 35.7. The Hall–Kier alpha value is -0.660. The summed E-state index contributed by atoms with van der Waals surface area (Å²) in [5.74, 6) is 0. The third-order valence-corrected chi connectivity index (χ3v) is 3.17. The molecule has 72 valence electrons. The maximum absolute atomic E-state index is 10.7. The molecule has 0 unspecified atom stereocenters. The summed E-state index contributed by atoms with van der Waals surface area (Å²) in [5.41, 5.74) is 0. The van der Waals surface area contributed by atoms with Crippen LogP contribution in [0, 0.1) is 0 Å². The molecule has 0 fully saturated rings. The van der Waals surface area contributed by atoms with Crippen LogP contribution in [0.2, 0.25) is 0 Å². The number of thiol groups is 1. The van der Waals surface area contributed by atoms with Gasteiger partial charge in [0.25, 0.3) is 9.05 Å². The first kappa shape index (κ1) is 10.4. The average Bonchev–Trinajstić information content (AvgIpc) is 2.03.